The monoisotopic (exact) mass is 307 g/mol. The van der Waals surface area contributed by atoms with E-state index in [1.54, 1.807) is 12.1 Å². The third-order valence-electron chi connectivity index (χ3n) is 2.49. The maximum atomic E-state index is 12.1. The quantitative estimate of drug-likeness (QED) is 0.795. The average molecular weight is 308 g/mol. The zero-order valence-electron chi connectivity index (χ0n) is 10.9. The summed E-state index contributed by atoms with van der Waals surface area (Å²) in [7, 11) is -0.707. The van der Waals surface area contributed by atoms with E-state index >= 15 is 0 Å². The third-order valence-corrected chi connectivity index (χ3v) is 4.20. The van der Waals surface area contributed by atoms with Crippen molar-refractivity contribution in [3.8, 4) is 5.75 Å². The van der Waals surface area contributed by atoms with Crippen LogP contribution in [0.4, 0.5) is 5.69 Å². The molecule has 0 saturated carbocycles. The van der Waals surface area contributed by atoms with Gasteiger partial charge in [0.05, 0.1) is 12.8 Å². The molecule has 0 aliphatic heterocycles. The van der Waals surface area contributed by atoms with E-state index in [0.717, 1.165) is 0 Å². The molecule has 0 amide bonds. The Morgan fingerprint density at radius 3 is 2.74 bits per heavy atom. The number of nitrogens with one attached hydrogen (secondary N) is 1. The van der Waals surface area contributed by atoms with Crippen LogP contribution in [0.2, 0.25) is 5.02 Å². The van der Waals surface area contributed by atoms with Gasteiger partial charge in [-0.05, 0) is 31.2 Å². The Morgan fingerprint density at radius 1 is 1.47 bits per heavy atom. The Morgan fingerprint density at radius 2 is 2.16 bits per heavy atom. The summed E-state index contributed by atoms with van der Waals surface area (Å²) in [5.41, 5.74) is 5.66. The van der Waals surface area contributed by atoms with Gasteiger partial charge in [0.2, 0.25) is 0 Å². The first-order valence-corrected chi connectivity index (χ1v) is 7.50. The van der Waals surface area contributed by atoms with E-state index in [9.17, 15) is 8.42 Å². The van der Waals surface area contributed by atoms with Crippen LogP contribution < -0.4 is 15.2 Å². The topological polar surface area (TPSA) is 84.7 Å². The minimum atomic E-state index is -3.65. The molecule has 1 rings (SSSR count). The number of hydrogen-bond donors (Lipinski definition) is 2. The highest BCUT2D eigenvalue weighted by Gasteiger charge is 2.19. The smallest absolute Gasteiger partial charge is 0.301 e. The minimum absolute atomic E-state index is 0.301. The van der Waals surface area contributed by atoms with Crippen LogP contribution in [0.5, 0.6) is 5.75 Å². The number of rotatable bonds is 7. The van der Waals surface area contributed by atoms with Gasteiger partial charge in [-0.3, -0.25) is 4.72 Å². The normalized spacial score (nSPS) is 11.6. The Bertz CT molecular complexity index is 522. The van der Waals surface area contributed by atoms with Gasteiger partial charge in [0.25, 0.3) is 0 Å². The second-order valence-electron chi connectivity index (χ2n) is 3.92. The summed E-state index contributed by atoms with van der Waals surface area (Å²) in [6.45, 7) is 0.773. The molecule has 0 aliphatic carbocycles. The number of nitrogens with two attached hydrogens (primary N) is 1. The lowest BCUT2D eigenvalue weighted by molar-refractivity contribution is 0.416. The van der Waals surface area contributed by atoms with Gasteiger partial charge in [-0.15, -0.1) is 0 Å². The molecule has 0 spiro atoms. The lowest BCUT2D eigenvalue weighted by Gasteiger charge is -2.19. The van der Waals surface area contributed by atoms with E-state index in [1.807, 2.05) is 0 Å². The molecule has 0 atom stereocenters. The van der Waals surface area contributed by atoms with Crippen LogP contribution >= 0.6 is 11.6 Å². The number of ether oxygens (including phenoxy) is 1. The molecule has 1 aromatic carbocycles. The van der Waals surface area contributed by atoms with Gasteiger partial charge in [-0.2, -0.15) is 12.7 Å². The molecule has 6 nitrogen and oxygen atoms in total. The molecule has 3 N–H and O–H groups in total. The van der Waals surface area contributed by atoms with Crippen molar-refractivity contribution in [2.75, 3.05) is 32.0 Å². The van der Waals surface area contributed by atoms with Crippen molar-refractivity contribution >= 4 is 27.5 Å². The van der Waals surface area contributed by atoms with Crippen molar-refractivity contribution in [2.45, 2.75) is 6.42 Å². The predicted molar refractivity (Wildman–Crippen MR) is 76.8 cm³/mol. The van der Waals surface area contributed by atoms with E-state index < -0.39 is 10.2 Å². The van der Waals surface area contributed by atoms with Crippen LogP contribution in [0.15, 0.2) is 18.2 Å². The van der Waals surface area contributed by atoms with Crippen molar-refractivity contribution in [3.63, 3.8) is 0 Å². The van der Waals surface area contributed by atoms with Crippen molar-refractivity contribution in [3.05, 3.63) is 23.2 Å². The first-order chi connectivity index (χ1) is 8.90. The number of halogens is 1. The van der Waals surface area contributed by atoms with Gasteiger partial charge >= 0.3 is 10.2 Å². The molecular formula is C11H18ClN3O3S. The van der Waals surface area contributed by atoms with Crippen molar-refractivity contribution in [1.29, 1.82) is 0 Å². The molecule has 8 heteroatoms. The van der Waals surface area contributed by atoms with Gasteiger partial charge < -0.3 is 10.5 Å². The molecule has 0 aliphatic rings. The van der Waals surface area contributed by atoms with Gasteiger partial charge in [0.15, 0.2) is 0 Å². The van der Waals surface area contributed by atoms with Gasteiger partial charge in [-0.1, -0.05) is 11.6 Å². The van der Waals surface area contributed by atoms with Crippen LogP contribution in [-0.4, -0.2) is 40.0 Å². The van der Waals surface area contributed by atoms with Gasteiger partial charge in [0.1, 0.15) is 5.75 Å². The van der Waals surface area contributed by atoms with Crippen molar-refractivity contribution in [2.24, 2.45) is 5.73 Å². The van der Waals surface area contributed by atoms with Crippen LogP contribution in [0.25, 0.3) is 0 Å². The van der Waals surface area contributed by atoms with Crippen molar-refractivity contribution < 1.29 is 13.2 Å². The fraction of sp³-hybridized carbons (Fsp3) is 0.455. The summed E-state index contributed by atoms with van der Waals surface area (Å²) >= 11 is 5.85. The Hall–Kier alpha value is -1.02. The maximum Gasteiger partial charge on any atom is 0.301 e. The molecule has 19 heavy (non-hydrogen) atoms. The molecule has 0 fully saturated rings. The highest BCUT2D eigenvalue weighted by molar-refractivity contribution is 7.90. The molecule has 0 radical (unpaired) electrons. The van der Waals surface area contributed by atoms with E-state index in [-0.39, 0.29) is 0 Å². The van der Waals surface area contributed by atoms with Crippen LogP contribution in [0.3, 0.4) is 0 Å². The van der Waals surface area contributed by atoms with Gasteiger partial charge in [0, 0.05) is 18.6 Å². The minimum Gasteiger partial charge on any atom is -0.495 e. The number of hydrogen-bond acceptors (Lipinski definition) is 4. The highest BCUT2D eigenvalue weighted by atomic mass is 35.5. The lowest BCUT2D eigenvalue weighted by Crippen LogP contribution is -2.34. The molecule has 108 valence electrons. The molecular weight excluding hydrogens is 290 g/mol. The Kier molecular flexibility index (Phi) is 5.86. The number of anilines is 1. The SMILES string of the molecule is COc1ccc(Cl)cc1NS(=O)(=O)N(C)CCCN. The van der Waals surface area contributed by atoms with E-state index in [1.165, 1.54) is 24.5 Å². The molecule has 0 bridgehead atoms. The molecule has 1 aromatic rings. The summed E-state index contributed by atoms with van der Waals surface area (Å²) in [6.07, 6.45) is 0.587. The van der Waals surface area contributed by atoms with Gasteiger partial charge in [-0.25, -0.2) is 0 Å². The Labute approximate surface area is 118 Å². The summed E-state index contributed by atoms with van der Waals surface area (Å²) in [6, 6.07) is 4.71. The largest absolute Gasteiger partial charge is 0.495 e. The van der Waals surface area contributed by atoms with E-state index in [4.69, 9.17) is 22.1 Å². The summed E-state index contributed by atoms with van der Waals surface area (Å²) in [4.78, 5) is 0. The summed E-state index contributed by atoms with van der Waals surface area (Å²) in [5.74, 6) is 0.403. The van der Waals surface area contributed by atoms with Crippen LogP contribution in [-0.2, 0) is 10.2 Å². The fourth-order valence-electron chi connectivity index (χ4n) is 1.41. The molecule has 0 unspecified atom stereocenters. The zero-order chi connectivity index (χ0) is 14.5. The molecule has 0 aromatic heterocycles. The van der Waals surface area contributed by atoms with Crippen LogP contribution in [0, 0.1) is 0 Å². The maximum absolute atomic E-state index is 12.1. The average Bonchev–Trinajstić information content (AvgIpc) is 2.35. The first kappa shape index (κ1) is 16.0. The Balaban J connectivity index is 2.91. The van der Waals surface area contributed by atoms with Crippen LogP contribution in [0.1, 0.15) is 6.42 Å². The highest BCUT2D eigenvalue weighted by Crippen LogP contribution is 2.28. The predicted octanol–water partition coefficient (Wildman–Crippen LogP) is 1.29. The number of methoxy groups -OCH3 is 1. The van der Waals surface area contributed by atoms with Crippen molar-refractivity contribution in [1.82, 2.24) is 4.31 Å². The third kappa shape index (κ3) is 4.54. The van der Waals surface area contributed by atoms with E-state index in [0.29, 0.717) is 36.0 Å². The zero-order valence-corrected chi connectivity index (χ0v) is 12.5. The lowest BCUT2D eigenvalue weighted by atomic mass is 10.3. The summed E-state index contributed by atoms with van der Waals surface area (Å²) in [5, 5.41) is 0.420. The fourth-order valence-corrected chi connectivity index (χ4v) is 2.55. The number of nitrogens with zero attached hydrogens (tertiary/aromatic N) is 1. The molecule has 0 saturated heterocycles. The number of benzene rings is 1. The second-order valence-corrected chi connectivity index (χ2v) is 6.13. The molecule has 0 heterocycles. The standard InChI is InChI=1S/C11H18ClN3O3S/c1-15(7-3-6-13)19(16,17)14-10-8-9(12)4-5-11(10)18-2/h4-5,8,14H,3,6-7,13H2,1-2H3. The summed E-state index contributed by atoms with van der Waals surface area (Å²) < 4.78 is 32.8. The van der Waals surface area contributed by atoms with E-state index in [2.05, 4.69) is 4.72 Å². The second kappa shape index (κ2) is 6.95. The first-order valence-electron chi connectivity index (χ1n) is 5.68.